The smallest absolute Gasteiger partial charge is 0.257 e. The lowest BCUT2D eigenvalue weighted by Crippen LogP contribution is -2.24. The molecule has 0 saturated carbocycles. The number of alkyl halides is 2. The van der Waals surface area contributed by atoms with Crippen molar-refractivity contribution >= 4 is 17.4 Å². The summed E-state index contributed by atoms with van der Waals surface area (Å²) in [7, 11) is 1.27. The van der Waals surface area contributed by atoms with Crippen LogP contribution in [0.5, 0.6) is 5.88 Å². The molecule has 0 aliphatic carbocycles. The Bertz CT molecular complexity index is 825. The molecule has 2 aromatic heterocycles. The Morgan fingerprint density at radius 2 is 1.89 bits per heavy atom. The highest BCUT2D eigenvalue weighted by atomic mass is 19.2. The Kier molecular flexibility index (Phi) is 7.19. The van der Waals surface area contributed by atoms with Crippen LogP contribution in [0.2, 0.25) is 0 Å². The maximum atomic E-state index is 13.8. The van der Waals surface area contributed by atoms with Crippen molar-refractivity contribution in [3.63, 3.8) is 0 Å². The zero-order chi connectivity index (χ0) is 20.8. The predicted octanol–water partition coefficient (Wildman–Crippen LogP) is 3.71. The Morgan fingerprint density at radius 1 is 1.25 bits per heavy atom. The third-order valence-electron chi connectivity index (χ3n) is 4.12. The van der Waals surface area contributed by atoms with Crippen molar-refractivity contribution in [2.75, 3.05) is 30.4 Å². The summed E-state index contributed by atoms with van der Waals surface area (Å²) in [6.45, 7) is 5.42. The number of nitrogens with zero attached hydrogens (tertiary/aromatic N) is 3. The van der Waals surface area contributed by atoms with Gasteiger partial charge in [-0.2, -0.15) is 0 Å². The van der Waals surface area contributed by atoms with Crippen molar-refractivity contribution in [2.24, 2.45) is 0 Å². The molecule has 2 atom stereocenters. The van der Waals surface area contributed by atoms with E-state index in [9.17, 15) is 18.0 Å². The average Bonchev–Trinajstić information content (AvgIpc) is 3.03. The molecule has 1 aliphatic heterocycles. The second-order valence-electron chi connectivity index (χ2n) is 5.93. The zero-order valence-electron chi connectivity index (χ0n) is 16.2. The fourth-order valence-corrected chi connectivity index (χ4v) is 2.72. The van der Waals surface area contributed by atoms with Crippen LogP contribution in [0.3, 0.4) is 0 Å². The fraction of sp³-hybridized carbons (Fsp3) is 0.421. The molecule has 3 heterocycles. The van der Waals surface area contributed by atoms with E-state index < -0.39 is 24.1 Å². The first-order valence-electron chi connectivity index (χ1n) is 8.90. The van der Waals surface area contributed by atoms with Crippen molar-refractivity contribution < 1.29 is 22.7 Å². The number of nitrogens with one attached hydrogen (secondary N) is 1. The number of aryl methyl sites for hydroxylation is 1. The molecule has 2 unspecified atom stereocenters. The van der Waals surface area contributed by atoms with Crippen molar-refractivity contribution in [2.45, 2.75) is 33.1 Å². The monoisotopic (exact) mass is 396 g/mol. The molecule has 28 heavy (non-hydrogen) atoms. The Morgan fingerprint density at radius 3 is 2.46 bits per heavy atom. The van der Waals surface area contributed by atoms with Crippen LogP contribution in [0, 0.1) is 12.7 Å². The lowest BCUT2D eigenvalue weighted by atomic mass is 10.2. The van der Waals surface area contributed by atoms with E-state index in [0.717, 1.165) is 6.07 Å². The number of halogens is 3. The van der Waals surface area contributed by atoms with Crippen LogP contribution in [0.15, 0.2) is 24.5 Å². The molecule has 3 rings (SSSR count). The molecular formula is C19H23F3N4O2. The second kappa shape index (κ2) is 9.38. The maximum absolute atomic E-state index is 13.8. The maximum Gasteiger partial charge on any atom is 0.257 e. The number of pyridine rings is 2. The molecule has 0 aromatic carbocycles. The highest BCUT2D eigenvalue weighted by molar-refractivity contribution is 6.06. The van der Waals surface area contributed by atoms with Gasteiger partial charge in [-0.25, -0.2) is 23.1 Å². The number of carbonyl (C=O) groups is 1. The third kappa shape index (κ3) is 4.52. The molecule has 152 valence electrons. The summed E-state index contributed by atoms with van der Waals surface area (Å²) in [4.78, 5) is 21.8. The van der Waals surface area contributed by atoms with E-state index in [0.29, 0.717) is 11.3 Å². The van der Waals surface area contributed by atoms with Crippen LogP contribution in [0.25, 0.3) is 0 Å². The first-order chi connectivity index (χ1) is 13.4. The molecule has 1 fully saturated rings. The highest BCUT2D eigenvalue weighted by Crippen LogP contribution is 2.31. The van der Waals surface area contributed by atoms with Gasteiger partial charge in [0.25, 0.3) is 5.91 Å². The molecule has 1 N–H and O–H groups in total. The topological polar surface area (TPSA) is 67.3 Å². The quantitative estimate of drug-likeness (QED) is 0.854. The predicted molar refractivity (Wildman–Crippen MR) is 101 cm³/mol. The number of rotatable bonds is 4. The summed E-state index contributed by atoms with van der Waals surface area (Å²) in [5.74, 6) is -1.35. The highest BCUT2D eigenvalue weighted by Gasteiger charge is 2.35. The molecule has 6 nitrogen and oxygen atoms in total. The number of ether oxygens (including phenoxy) is 1. The molecule has 0 bridgehead atoms. The minimum Gasteiger partial charge on any atom is -0.479 e. The minimum absolute atomic E-state index is 0.0225. The van der Waals surface area contributed by atoms with Crippen LogP contribution in [0.1, 0.15) is 29.8 Å². The average molecular weight is 396 g/mol. The first-order valence-corrected chi connectivity index (χ1v) is 8.90. The van der Waals surface area contributed by atoms with E-state index in [2.05, 4.69) is 15.3 Å². The summed E-state index contributed by atoms with van der Waals surface area (Å²) >= 11 is 0. The Hall–Kier alpha value is -2.84. The molecule has 9 heteroatoms. The summed E-state index contributed by atoms with van der Waals surface area (Å²) in [6, 6.07) is 2.65. The van der Waals surface area contributed by atoms with Gasteiger partial charge in [-0.05, 0) is 24.6 Å². The van der Waals surface area contributed by atoms with Gasteiger partial charge in [0.05, 0.1) is 31.5 Å². The van der Waals surface area contributed by atoms with Crippen LogP contribution < -0.4 is 15.0 Å². The number of methoxy groups -OCH3 is 1. The van der Waals surface area contributed by atoms with Gasteiger partial charge in [0, 0.05) is 12.4 Å². The second-order valence-corrected chi connectivity index (χ2v) is 5.93. The SMILES string of the molecule is CC.COc1ncc(C(=O)Nc2c(C)ccnc2N2CC(F)C(F)C2)cc1F. The fourth-order valence-electron chi connectivity index (χ4n) is 2.72. The summed E-state index contributed by atoms with van der Waals surface area (Å²) in [5, 5.41) is 2.63. The van der Waals surface area contributed by atoms with Gasteiger partial charge in [-0.3, -0.25) is 4.79 Å². The number of hydrogen-bond acceptors (Lipinski definition) is 5. The number of carbonyl (C=O) groups excluding carboxylic acids is 1. The van der Waals surface area contributed by atoms with E-state index in [-0.39, 0.29) is 30.4 Å². The Balaban J connectivity index is 0.00000136. The van der Waals surface area contributed by atoms with Crippen LogP contribution in [-0.4, -0.2) is 48.4 Å². The van der Waals surface area contributed by atoms with Crippen LogP contribution in [0.4, 0.5) is 24.7 Å². The zero-order valence-corrected chi connectivity index (χ0v) is 16.2. The van der Waals surface area contributed by atoms with Crippen LogP contribution >= 0.6 is 0 Å². The van der Waals surface area contributed by atoms with E-state index in [1.54, 1.807) is 13.0 Å². The molecule has 2 aromatic rings. The summed E-state index contributed by atoms with van der Waals surface area (Å²) in [6.07, 6.45) is -0.553. The van der Waals surface area contributed by atoms with Gasteiger partial charge in [-0.15, -0.1) is 0 Å². The lowest BCUT2D eigenvalue weighted by Gasteiger charge is -2.21. The first kappa shape index (κ1) is 21.5. The summed E-state index contributed by atoms with van der Waals surface area (Å²) < 4.78 is 45.6. The number of amides is 1. The number of aromatic nitrogens is 2. The largest absolute Gasteiger partial charge is 0.479 e. The normalized spacial score (nSPS) is 18.3. The number of hydrogen-bond donors (Lipinski definition) is 1. The molecule has 0 radical (unpaired) electrons. The van der Waals surface area contributed by atoms with Crippen molar-refractivity contribution in [1.82, 2.24) is 9.97 Å². The van der Waals surface area contributed by atoms with Gasteiger partial charge in [0.1, 0.15) is 0 Å². The summed E-state index contributed by atoms with van der Waals surface area (Å²) in [5.41, 5.74) is 0.948. The van der Waals surface area contributed by atoms with Gasteiger partial charge in [0.15, 0.2) is 24.0 Å². The molecular weight excluding hydrogens is 373 g/mol. The standard InChI is InChI=1S/C17H17F3N4O2.C2H6/c1-9-3-4-21-15(24-7-12(19)13(20)8-24)14(9)23-16(25)10-5-11(18)17(26-2)22-6-10;1-2/h3-6,12-13H,7-8H2,1-2H3,(H,23,25);1-2H3. The number of anilines is 2. The van der Waals surface area contributed by atoms with E-state index in [1.165, 1.54) is 24.4 Å². The van der Waals surface area contributed by atoms with Gasteiger partial charge in [0.2, 0.25) is 5.88 Å². The van der Waals surface area contributed by atoms with Crippen molar-refractivity contribution in [3.8, 4) is 5.88 Å². The Labute approximate surface area is 161 Å². The van der Waals surface area contributed by atoms with E-state index >= 15 is 0 Å². The van der Waals surface area contributed by atoms with Crippen LogP contribution in [-0.2, 0) is 0 Å². The van der Waals surface area contributed by atoms with Gasteiger partial charge >= 0.3 is 0 Å². The van der Waals surface area contributed by atoms with Crippen molar-refractivity contribution in [3.05, 3.63) is 41.5 Å². The van der Waals surface area contributed by atoms with E-state index in [4.69, 9.17) is 4.74 Å². The van der Waals surface area contributed by atoms with Gasteiger partial charge in [-0.1, -0.05) is 13.8 Å². The molecule has 1 saturated heterocycles. The lowest BCUT2D eigenvalue weighted by molar-refractivity contribution is 0.102. The van der Waals surface area contributed by atoms with Crippen molar-refractivity contribution in [1.29, 1.82) is 0 Å². The molecule has 1 aliphatic rings. The minimum atomic E-state index is -1.61. The van der Waals surface area contributed by atoms with Gasteiger partial charge < -0.3 is 15.0 Å². The third-order valence-corrected chi connectivity index (χ3v) is 4.12. The molecule has 1 amide bonds. The molecule has 0 spiro atoms. The van der Waals surface area contributed by atoms with E-state index in [1.807, 2.05) is 13.8 Å².